The third-order valence-corrected chi connectivity index (χ3v) is 2.93. The van der Waals surface area contributed by atoms with E-state index in [9.17, 15) is 4.57 Å². The molecule has 5 heteroatoms. The van der Waals surface area contributed by atoms with Crippen LogP contribution in [0.5, 0.6) is 0 Å². The average Bonchev–Trinajstić information content (AvgIpc) is 1.86. The van der Waals surface area contributed by atoms with Crippen molar-refractivity contribution in [3.8, 4) is 0 Å². The lowest BCUT2D eigenvalue weighted by molar-refractivity contribution is 0.280. The summed E-state index contributed by atoms with van der Waals surface area (Å²) in [5.74, 6) is -0.0478. The third-order valence-electron chi connectivity index (χ3n) is 0.858. The Bertz CT molecular complexity index is 168. The minimum atomic E-state index is -3.61. The zero-order valence-corrected chi connectivity index (χ0v) is 7.36. The highest BCUT2D eigenvalue weighted by Gasteiger charge is 2.21. The van der Waals surface area contributed by atoms with E-state index in [2.05, 4.69) is 11.1 Å². The van der Waals surface area contributed by atoms with Crippen LogP contribution in [0.2, 0.25) is 0 Å². The van der Waals surface area contributed by atoms with Crippen LogP contribution in [0.1, 0.15) is 6.92 Å². The van der Waals surface area contributed by atoms with E-state index in [1.807, 2.05) is 0 Å². The van der Waals surface area contributed by atoms with Gasteiger partial charge >= 0.3 is 7.60 Å². The van der Waals surface area contributed by atoms with Gasteiger partial charge < -0.3 is 9.42 Å². The van der Waals surface area contributed by atoms with E-state index in [1.54, 1.807) is 6.92 Å². The Hall–Kier alpha value is 0.180. The monoisotopic (exact) mass is 184 g/mol. The molecule has 0 amide bonds. The SMILES string of the molecule is C=C(CCl)P(=O)(O)OCC. The molecule has 0 spiro atoms. The van der Waals surface area contributed by atoms with Gasteiger partial charge in [0.1, 0.15) is 0 Å². The van der Waals surface area contributed by atoms with Crippen LogP contribution < -0.4 is 0 Å². The van der Waals surface area contributed by atoms with Crippen molar-refractivity contribution in [2.75, 3.05) is 12.5 Å². The van der Waals surface area contributed by atoms with Crippen molar-refractivity contribution in [2.24, 2.45) is 0 Å². The lowest BCUT2D eigenvalue weighted by Gasteiger charge is -2.10. The van der Waals surface area contributed by atoms with E-state index in [0.717, 1.165) is 0 Å². The second kappa shape index (κ2) is 4.14. The van der Waals surface area contributed by atoms with Crippen LogP contribution in [0.25, 0.3) is 0 Å². The summed E-state index contributed by atoms with van der Waals surface area (Å²) in [4.78, 5) is 8.93. The molecule has 0 rings (SSSR count). The van der Waals surface area contributed by atoms with Crippen LogP contribution >= 0.6 is 19.2 Å². The van der Waals surface area contributed by atoms with E-state index >= 15 is 0 Å². The van der Waals surface area contributed by atoms with Gasteiger partial charge in [-0.15, -0.1) is 11.6 Å². The fraction of sp³-hybridized carbons (Fsp3) is 0.600. The highest BCUT2D eigenvalue weighted by Crippen LogP contribution is 2.49. The van der Waals surface area contributed by atoms with Gasteiger partial charge in [-0.1, -0.05) is 6.58 Å². The van der Waals surface area contributed by atoms with Crippen LogP contribution in [-0.2, 0) is 9.09 Å². The Labute approximate surface area is 65.2 Å². The maximum atomic E-state index is 10.9. The molecule has 1 atom stereocenters. The Morgan fingerprint density at radius 2 is 2.40 bits per heavy atom. The van der Waals surface area contributed by atoms with Crippen LogP contribution in [0.15, 0.2) is 11.9 Å². The molecule has 0 aromatic heterocycles. The molecule has 0 radical (unpaired) electrons. The van der Waals surface area contributed by atoms with Crippen molar-refractivity contribution in [1.29, 1.82) is 0 Å². The fourth-order valence-corrected chi connectivity index (χ4v) is 1.48. The molecule has 0 fully saturated rings. The predicted octanol–water partition coefficient (Wildman–Crippen LogP) is 1.96. The highest BCUT2D eigenvalue weighted by atomic mass is 35.5. The molecule has 0 aliphatic heterocycles. The van der Waals surface area contributed by atoms with Crippen molar-refractivity contribution in [2.45, 2.75) is 6.92 Å². The molecule has 0 saturated heterocycles. The summed E-state index contributed by atoms with van der Waals surface area (Å²) in [6.45, 7) is 5.11. The Balaban J connectivity index is 4.11. The number of alkyl halides is 1. The summed E-state index contributed by atoms with van der Waals surface area (Å²) >= 11 is 5.26. The molecule has 0 bridgehead atoms. The van der Waals surface area contributed by atoms with Crippen molar-refractivity contribution in [3.63, 3.8) is 0 Å². The van der Waals surface area contributed by atoms with Gasteiger partial charge in [-0.25, -0.2) is 0 Å². The number of halogens is 1. The van der Waals surface area contributed by atoms with Crippen LogP contribution in [-0.4, -0.2) is 17.4 Å². The first kappa shape index (κ1) is 10.2. The summed E-state index contributed by atoms with van der Waals surface area (Å²) in [6.07, 6.45) is 0. The van der Waals surface area contributed by atoms with Crippen molar-refractivity contribution < 1.29 is 14.0 Å². The van der Waals surface area contributed by atoms with E-state index in [4.69, 9.17) is 16.5 Å². The van der Waals surface area contributed by atoms with Gasteiger partial charge in [-0.05, 0) is 6.92 Å². The average molecular weight is 185 g/mol. The first-order chi connectivity index (χ1) is 4.54. The molecule has 10 heavy (non-hydrogen) atoms. The summed E-state index contributed by atoms with van der Waals surface area (Å²) in [5.41, 5.74) is 0. The van der Waals surface area contributed by atoms with Gasteiger partial charge in [-0.2, -0.15) is 0 Å². The van der Waals surface area contributed by atoms with Crippen molar-refractivity contribution in [1.82, 2.24) is 0 Å². The smallest absolute Gasteiger partial charge is 0.321 e. The minimum Gasteiger partial charge on any atom is -0.321 e. The quantitative estimate of drug-likeness (QED) is 0.537. The largest absolute Gasteiger partial charge is 0.355 e. The van der Waals surface area contributed by atoms with Crippen molar-refractivity contribution >= 4 is 19.2 Å². The summed E-state index contributed by atoms with van der Waals surface area (Å²) in [7, 11) is -3.61. The number of hydrogen-bond donors (Lipinski definition) is 1. The maximum Gasteiger partial charge on any atom is 0.355 e. The Kier molecular flexibility index (Phi) is 4.22. The minimum absolute atomic E-state index is 0.0380. The molecule has 1 N–H and O–H groups in total. The highest BCUT2D eigenvalue weighted by molar-refractivity contribution is 7.57. The summed E-state index contributed by atoms with van der Waals surface area (Å²) in [5, 5.41) is 0.0380. The molecule has 0 aromatic carbocycles. The normalized spacial score (nSPS) is 16.3. The molecule has 0 saturated carbocycles. The predicted molar refractivity (Wildman–Crippen MR) is 41.3 cm³/mol. The Morgan fingerprint density at radius 3 is 2.70 bits per heavy atom. The summed E-state index contributed by atoms with van der Waals surface area (Å²) < 4.78 is 15.4. The molecular weight excluding hydrogens is 174 g/mol. The molecule has 0 aliphatic carbocycles. The number of allylic oxidation sites excluding steroid dienone is 1. The second-order valence-electron chi connectivity index (χ2n) is 1.64. The lowest BCUT2D eigenvalue weighted by Crippen LogP contribution is -1.92. The summed E-state index contributed by atoms with van der Waals surface area (Å²) in [6, 6.07) is 0. The molecule has 0 heterocycles. The van der Waals surface area contributed by atoms with Gasteiger partial charge in [0.15, 0.2) is 0 Å². The first-order valence-electron chi connectivity index (χ1n) is 2.76. The Morgan fingerprint density at radius 1 is 1.90 bits per heavy atom. The topological polar surface area (TPSA) is 46.5 Å². The van der Waals surface area contributed by atoms with Crippen LogP contribution in [0.3, 0.4) is 0 Å². The number of rotatable bonds is 4. The van der Waals surface area contributed by atoms with Gasteiger partial charge in [-0.3, -0.25) is 4.57 Å². The molecule has 0 aliphatic rings. The molecule has 0 aromatic rings. The van der Waals surface area contributed by atoms with E-state index < -0.39 is 7.60 Å². The van der Waals surface area contributed by atoms with E-state index in [0.29, 0.717) is 0 Å². The van der Waals surface area contributed by atoms with Crippen LogP contribution in [0, 0.1) is 0 Å². The fourth-order valence-electron chi connectivity index (χ4n) is 0.342. The van der Waals surface area contributed by atoms with Crippen molar-refractivity contribution in [3.05, 3.63) is 11.9 Å². The van der Waals surface area contributed by atoms with Gasteiger partial charge in [0.25, 0.3) is 0 Å². The standard InChI is InChI=1S/C5H10ClO3P/c1-3-9-10(7,8)5(2)4-6/h2-4H2,1H3,(H,7,8). The first-order valence-corrected chi connectivity index (χ1v) is 4.87. The third kappa shape index (κ3) is 2.84. The molecule has 60 valence electrons. The van der Waals surface area contributed by atoms with Gasteiger partial charge in [0, 0.05) is 5.31 Å². The lowest BCUT2D eigenvalue weighted by atomic mass is 10.7. The van der Waals surface area contributed by atoms with E-state index in [-0.39, 0.29) is 17.8 Å². The van der Waals surface area contributed by atoms with E-state index in [1.165, 1.54) is 0 Å². The zero-order chi connectivity index (χ0) is 8.20. The zero-order valence-electron chi connectivity index (χ0n) is 5.71. The molecule has 1 unspecified atom stereocenters. The second-order valence-corrected chi connectivity index (χ2v) is 3.84. The van der Waals surface area contributed by atoms with Gasteiger partial charge in [0.05, 0.1) is 12.5 Å². The van der Waals surface area contributed by atoms with Crippen LogP contribution in [0.4, 0.5) is 0 Å². The van der Waals surface area contributed by atoms with Gasteiger partial charge in [0.2, 0.25) is 0 Å². The molecule has 3 nitrogen and oxygen atoms in total. The maximum absolute atomic E-state index is 10.9. The number of hydrogen-bond acceptors (Lipinski definition) is 2. The molecular formula is C5H10ClO3P.